The quantitative estimate of drug-likeness (QED) is 0.710. The molecule has 0 saturated carbocycles. The second-order valence-electron chi connectivity index (χ2n) is 3.33. The molecule has 0 aliphatic rings. The number of esters is 1. The fourth-order valence-electron chi connectivity index (χ4n) is 1.02. The van der Waals surface area contributed by atoms with Gasteiger partial charge in [0.2, 0.25) is 5.95 Å². The van der Waals surface area contributed by atoms with Crippen molar-refractivity contribution in [2.45, 2.75) is 6.42 Å². The zero-order valence-corrected chi connectivity index (χ0v) is 10.8. The molecule has 0 aliphatic carbocycles. The molecule has 8 nitrogen and oxygen atoms in total. The van der Waals surface area contributed by atoms with Crippen LogP contribution in [0.4, 0.5) is 5.95 Å². The van der Waals surface area contributed by atoms with Gasteiger partial charge in [0.05, 0.1) is 13.5 Å². The van der Waals surface area contributed by atoms with E-state index in [1.165, 1.54) is 26.6 Å². The van der Waals surface area contributed by atoms with Crippen LogP contribution in [0.3, 0.4) is 0 Å². The van der Waals surface area contributed by atoms with Crippen molar-refractivity contribution in [1.82, 2.24) is 14.3 Å². The zero-order valence-electron chi connectivity index (χ0n) is 10.0. The van der Waals surface area contributed by atoms with Crippen molar-refractivity contribution in [3.8, 4) is 0 Å². The highest BCUT2D eigenvalue weighted by molar-refractivity contribution is 7.90. The van der Waals surface area contributed by atoms with Crippen molar-refractivity contribution >= 4 is 22.1 Å². The highest BCUT2D eigenvalue weighted by atomic mass is 32.2. The minimum Gasteiger partial charge on any atom is -0.469 e. The summed E-state index contributed by atoms with van der Waals surface area (Å²) in [5, 5.41) is 0. The van der Waals surface area contributed by atoms with E-state index in [9.17, 15) is 13.2 Å². The van der Waals surface area contributed by atoms with E-state index in [2.05, 4.69) is 19.4 Å². The van der Waals surface area contributed by atoms with Crippen LogP contribution in [0.1, 0.15) is 6.42 Å². The Bertz CT molecular complexity index is 491. The third-order valence-electron chi connectivity index (χ3n) is 2.05. The largest absolute Gasteiger partial charge is 0.469 e. The summed E-state index contributed by atoms with van der Waals surface area (Å²) < 4.78 is 31.2. The van der Waals surface area contributed by atoms with Crippen LogP contribution in [0.15, 0.2) is 18.5 Å². The Labute approximate surface area is 105 Å². The standard InChI is InChI=1S/C9H14N4O4S/c1-13(7-4-8(14)17-2)18(15,16)12-9-10-5-3-6-11-9/h3,5-6H,4,7H2,1-2H3,(H,10,11,12). The second-order valence-corrected chi connectivity index (χ2v) is 5.10. The molecule has 9 heteroatoms. The Morgan fingerprint density at radius 1 is 1.44 bits per heavy atom. The summed E-state index contributed by atoms with van der Waals surface area (Å²) in [5.41, 5.74) is 0. The topological polar surface area (TPSA) is 101 Å². The van der Waals surface area contributed by atoms with Gasteiger partial charge < -0.3 is 4.74 Å². The van der Waals surface area contributed by atoms with E-state index in [0.717, 1.165) is 4.31 Å². The molecule has 0 amide bonds. The van der Waals surface area contributed by atoms with E-state index >= 15 is 0 Å². The molecule has 1 heterocycles. The summed E-state index contributed by atoms with van der Waals surface area (Å²) in [4.78, 5) is 18.4. The first kappa shape index (κ1) is 14.3. The van der Waals surface area contributed by atoms with Crippen LogP contribution in [0.2, 0.25) is 0 Å². The number of nitrogens with zero attached hydrogens (tertiary/aromatic N) is 3. The lowest BCUT2D eigenvalue weighted by Gasteiger charge is -2.16. The third kappa shape index (κ3) is 4.26. The number of rotatable bonds is 6. The van der Waals surface area contributed by atoms with Gasteiger partial charge in [0.15, 0.2) is 0 Å². The van der Waals surface area contributed by atoms with Crippen LogP contribution in [-0.2, 0) is 19.7 Å². The lowest BCUT2D eigenvalue weighted by Crippen LogP contribution is -2.34. The average molecular weight is 274 g/mol. The Hall–Kier alpha value is -1.74. The SMILES string of the molecule is COC(=O)CCN(C)S(=O)(=O)Nc1ncccn1. The molecule has 1 aromatic rings. The van der Waals surface area contributed by atoms with Gasteiger partial charge in [-0.05, 0) is 6.07 Å². The number of ether oxygens (including phenoxy) is 1. The Balaban J connectivity index is 2.61. The summed E-state index contributed by atoms with van der Waals surface area (Å²) >= 11 is 0. The number of hydrogen-bond acceptors (Lipinski definition) is 6. The molecule has 0 bridgehead atoms. The van der Waals surface area contributed by atoms with Crippen LogP contribution in [-0.4, -0.2) is 49.4 Å². The highest BCUT2D eigenvalue weighted by Crippen LogP contribution is 2.04. The van der Waals surface area contributed by atoms with Crippen LogP contribution in [0, 0.1) is 0 Å². The Morgan fingerprint density at radius 3 is 2.61 bits per heavy atom. The van der Waals surface area contributed by atoms with Gasteiger partial charge in [-0.2, -0.15) is 12.7 Å². The van der Waals surface area contributed by atoms with Crippen molar-refractivity contribution in [1.29, 1.82) is 0 Å². The van der Waals surface area contributed by atoms with Gasteiger partial charge >= 0.3 is 16.2 Å². The Kier molecular flexibility index (Phi) is 4.98. The molecule has 1 N–H and O–H groups in total. The van der Waals surface area contributed by atoms with E-state index in [1.54, 1.807) is 6.07 Å². The monoisotopic (exact) mass is 274 g/mol. The summed E-state index contributed by atoms with van der Waals surface area (Å²) in [7, 11) is -1.18. The Morgan fingerprint density at radius 2 is 2.06 bits per heavy atom. The van der Waals surface area contributed by atoms with Crippen molar-refractivity contribution in [3.63, 3.8) is 0 Å². The van der Waals surface area contributed by atoms with Gasteiger partial charge in [-0.3, -0.25) is 4.79 Å². The predicted molar refractivity (Wildman–Crippen MR) is 63.8 cm³/mol. The molecule has 0 aliphatic heterocycles. The smallest absolute Gasteiger partial charge is 0.306 e. The highest BCUT2D eigenvalue weighted by Gasteiger charge is 2.19. The summed E-state index contributed by atoms with van der Waals surface area (Å²) in [6.07, 6.45) is 2.81. The molecule has 18 heavy (non-hydrogen) atoms. The first-order chi connectivity index (χ1) is 8.45. The van der Waals surface area contributed by atoms with E-state index < -0.39 is 16.2 Å². The van der Waals surface area contributed by atoms with E-state index in [1.807, 2.05) is 0 Å². The van der Waals surface area contributed by atoms with Gasteiger partial charge in [-0.1, -0.05) is 0 Å². The maximum absolute atomic E-state index is 11.8. The normalized spacial score (nSPS) is 11.3. The first-order valence-electron chi connectivity index (χ1n) is 5.03. The first-order valence-corrected chi connectivity index (χ1v) is 6.47. The molecule has 0 fully saturated rings. The second kappa shape index (κ2) is 6.26. The summed E-state index contributed by atoms with van der Waals surface area (Å²) in [5.74, 6) is -0.504. The zero-order chi connectivity index (χ0) is 13.6. The maximum atomic E-state index is 11.8. The molecule has 0 radical (unpaired) electrons. The van der Waals surface area contributed by atoms with Gasteiger partial charge in [0.25, 0.3) is 0 Å². The van der Waals surface area contributed by atoms with Gasteiger partial charge in [0, 0.05) is 26.0 Å². The molecular formula is C9H14N4O4S. The number of carbonyl (C=O) groups excluding carboxylic acids is 1. The van der Waals surface area contributed by atoms with Crippen molar-refractivity contribution < 1.29 is 17.9 Å². The van der Waals surface area contributed by atoms with Crippen molar-refractivity contribution in [2.75, 3.05) is 25.4 Å². The molecule has 100 valence electrons. The lowest BCUT2D eigenvalue weighted by atomic mass is 10.4. The van der Waals surface area contributed by atoms with Gasteiger partial charge in [0.1, 0.15) is 0 Å². The molecule has 0 saturated heterocycles. The maximum Gasteiger partial charge on any atom is 0.306 e. The van der Waals surface area contributed by atoms with Crippen molar-refractivity contribution in [2.24, 2.45) is 0 Å². The number of hydrogen-bond donors (Lipinski definition) is 1. The van der Waals surface area contributed by atoms with Crippen LogP contribution in [0.25, 0.3) is 0 Å². The molecular weight excluding hydrogens is 260 g/mol. The van der Waals surface area contributed by atoms with E-state index in [0.29, 0.717) is 0 Å². The number of nitrogens with one attached hydrogen (secondary N) is 1. The molecule has 1 rings (SSSR count). The average Bonchev–Trinajstić information content (AvgIpc) is 2.36. The predicted octanol–water partition coefficient (Wildman–Crippen LogP) is -0.372. The summed E-state index contributed by atoms with van der Waals surface area (Å²) in [6, 6.07) is 1.57. The third-order valence-corrected chi connectivity index (χ3v) is 3.50. The molecule has 0 unspecified atom stereocenters. The summed E-state index contributed by atoms with van der Waals surface area (Å²) in [6.45, 7) is 0.00877. The fourth-order valence-corrected chi connectivity index (χ4v) is 1.84. The number of carbonyl (C=O) groups is 1. The van der Waals surface area contributed by atoms with E-state index in [4.69, 9.17) is 0 Å². The van der Waals surface area contributed by atoms with Crippen molar-refractivity contribution in [3.05, 3.63) is 18.5 Å². The van der Waals surface area contributed by atoms with Crippen LogP contribution in [0.5, 0.6) is 0 Å². The van der Waals surface area contributed by atoms with Gasteiger partial charge in [-0.15, -0.1) is 0 Å². The number of aromatic nitrogens is 2. The van der Waals surface area contributed by atoms with E-state index in [-0.39, 0.29) is 18.9 Å². The molecule has 0 spiro atoms. The lowest BCUT2D eigenvalue weighted by molar-refractivity contribution is -0.140. The van der Waals surface area contributed by atoms with Gasteiger partial charge in [-0.25, -0.2) is 14.7 Å². The minimum absolute atomic E-state index is 0.00877. The molecule has 0 aromatic carbocycles. The fraction of sp³-hybridized carbons (Fsp3) is 0.444. The minimum atomic E-state index is -3.77. The van der Waals surface area contributed by atoms with Crippen LogP contribution < -0.4 is 4.72 Å². The molecule has 0 atom stereocenters. The number of methoxy groups -OCH3 is 1. The molecule has 1 aromatic heterocycles. The van der Waals surface area contributed by atoms with Crippen LogP contribution >= 0.6 is 0 Å². The number of anilines is 1.